The van der Waals surface area contributed by atoms with E-state index in [-0.39, 0.29) is 17.6 Å². The van der Waals surface area contributed by atoms with Gasteiger partial charge in [-0.2, -0.15) is 0 Å². The predicted molar refractivity (Wildman–Crippen MR) is 144 cm³/mol. The van der Waals surface area contributed by atoms with Gasteiger partial charge in [0.05, 0.1) is 11.8 Å². The summed E-state index contributed by atoms with van der Waals surface area (Å²) in [5, 5.41) is 32.5. The Hall–Kier alpha value is -3.59. The van der Waals surface area contributed by atoms with E-state index in [2.05, 4.69) is 10.2 Å². The molecule has 3 aromatic carbocycles. The van der Waals surface area contributed by atoms with Crippen LogP contribution in [0, 0.1) is 0 Å². The van der Waals surface area contributed by atoms with E-state index in [4.69, 9.17) is 4.74 Å². The number of rotatable bonds is 9. The Balaban J connectivity index is 1.18. The van der Waals surface area contributed by atoms with Gasteiger partial charge in [-0.3, -0.25) is 5.32 Å². The molecule has 1 amide bonds. The van der Waals surface area contributed by atoms with Gasteiger partial charge in [0.15, 0.2) is 11.5 Å². The first-order chi connectivity index (χ1) is 17.9. The molecule has 0 saturated carbocycles. The number of carbonyl (C=O) groups is 1. The Labute approximate surface area is 217 Å². The SMILES string of the molecule is CN(CCN1CCC(OC(=O)Nc2ccccc2-c2ccccc2)CC1)CC(O)c1ccc(O)c(O)c1. The summed E-state index contributed by atoms with van der Waals surface area (Å²) in [5.74, 6) is -0.440. The maximum atomic E-state index is 12.6. The molecule has 8 nitrogen and oxygen atoms in total. The summed E-state index contributed by atoms with van der Waals surface area (Å²) in [7, 11) is 1.94. The molecule has 1 unspecified atom stereocenters. The molecule has 1 atom stereocenters. The standard InChI is InChI=1S/C29H35N3O5/c1-31(20-28(35)22-11-12-26(33)27(34)19-22)17-18-32-15-13-23(14-16-32)37-29(36)30-25-10-6-5-9-24(25)21-7-3-2-4-8-21/h2-12,19,23,28,33-35H,13-18,20H2,1H3,(H,30,36). The van der Waals surface area contributed by atoms with E-state index in [1.54, 1.807) is 6.07 Å². The first-order valence-electron chi connectivity index (χ1n) is 12.6. The molecule has 0 radical (unpaired) electrons. The Morgan fingerprint density at radius 2 is 1.73 bits per heavy atom. The maximum Gasteiger partial charge on any atom is 0.411 e. The van der Waals surface area contributed by atoms with Gasteiger partial charge in [-0.1, -0.05) is 54.6 Å². The summed E-state index contributed by atoms with van der Waals surface area (Å²) in [6.45, 7) is 3.69. The van der Waals surface area contributed by atoms with Gasteiger partial charge in [0.1, 0.15) is 6.10 Å². The molecular formula is C29H35N3O5. The van der Waals surface area contributed by atoms with Crippen LogP contribution in [0.2, 0.25) is 0 Å². The Kier molecular flexibility index (Phi) is 9.00. The Bertz CT molecular complexity index is 1170. The molecular weight excluding hydrogens is 470 g/mol. The zero-order valence-corrected chi connectivity index (χ0v) is 21.1. The van der Waals surface area contributed by atoms with E-state index >= 15 is 0 Å². The third-order valence-electron chi connectivity index (χ3n) is 6.72. The minimum atomic E-state index is -0.763. The van der Waals surface area contributed by atoms with Crippen LogP contribution >= 0.6 is 0 Å². The number of hydrogen-bond acceptors (Lipinski definition) is 7. The molecule has 4 rings (SSSR count). The van der Waals surface area contributed by atoms with Crippen LogP contribution in [0.25, 0.3) is 11.1 Å². The molecule has 37 heavy (non-hydrogen) atoms. The van der Waals surface area contributed by atoms with Crippen LogP contribution in [0.15, 0.2) is 72.8 Å². The number of aromatic hydroxyl groups is 2. The number of para-hydroxylation sites is 1. The summed E-state index contributed by atoms with van der Waals surface area (Å²) in [5.41, 5.74) is 3.27. The van der Waals surface area contributed by atoms with E-state index in [0.717, 1.165) is 55.8 Å². The second-order valence-electron chi connectivity index (χ2n) is 9.51. The molecule has 196 valence electrons. The number of nitrogens with zero attached hydrogens (tertiary/aromatic N) is 2. The fraction of sp³-hybridized carbons (Fsp3) is 0.345. The highest BCUT2D eigenvalue weighted by atomic mass is 16.6. The van der Waals surface area contributed by atoms with Crippen LogP contribution in [-0.4, -0.2) is 77.1 Å². The van der Waals surface area contributed by atoms with Crippen LogP contribution in [0.5, 0.6) is 11.5 Å². The molecule has 1 fully saturated rings. The van der Waals surface area contributed by atoms with Crippen LogP contribution in [0.3, 0.4) is 0 Å². The van der Waals surface area contributed by atoms with Gasteiger partial charge in [0.25, 0.3) is 0 Å². The summed E-state index contributed by atoms with van der Waals surface area (Å²) in [6, 6.07) is 22.0. The minimum Gasteiger partial charge on any atom is -0.504 e. The number of likely N-dealkylation sites (tertiary alicyclic amines) is 1. The lowest BCUT2D eigenvalue weighted by Gasteiger charge is -2.33. The number of phenolic OH excluding ortho intramolecular Hbond substituents is 2. The monoisotopic (exact) mass is 505 g/mol. The number of carbonyl (C=O) groups excluding carboxylic acids is 1. The van der Waals surface area contributed by atoms with Crippen molar-refractivity contribution in [1.82, 2.24) is 9.80 Å². The van der Waals surface area contributed by atoms with Crippen molar-refractivity contribution in [2.75, 3.05) is 45.1 Å². The van der Waals surface area contributed by atoms with E-state index in [9.17, 15) is 20.1 Å². The highest BCUT2D eigenvalue weighted by molar-refractivity contribution is 5.91. The molecule has 4 N–H and O–H groups in total. The third-order valence-corrected chi connectivity index (χ3v) is 6.72. The number of likely N-dealkylation sites (N-methyl/N-ethyl adjacent to an activating group) is 1. The van der Waals surface area contributed by atoms with Gasteiger partial charge >= 0.3 is 6.09 Å². The van der Waals surface area contributed by atoms with Gasteiger partial charge in [-0.05, 0) is 49.2 Å². The number of aliphatic hydroxyl groups excluding tert-OH is 1. The zero-order valence-electron chi connectivity index (χ0n) is 21.1. The van der Waals surface area contributed by atoms with Gasteiger partial charge in [0.2, 0.25) is 0 Å². The Morgan fingerprint density at radius 1 is 1.03 bits per heavy atom. The first-order valence-corrected chi connectivity index (χ1v) is 12.6. The lowest BCUT2D eigenvalue weighted by molar-refractivity contribution is 0.0541. The van der Waals surface area contributed by atoms with Gasteiger partial charge in [-0.25, -0.2) is 4.79 Å². The number of phenols is 2. The van der Waals surface area contributed by atoms with Crippen molar-refractivity contribution in [2.45, 2.75) is 25.0 Å². The van der Waals surface area contributed by atoms with Crippen LogP contribution in [0.1, 0.15) is 24.5 Å². The molecule has 3 aromatic rings. The molecule has 1 aliphatic heterocycles. The van der Waals surface area contributed by atoms with E-state index in [1.807, 2.05) is 66.5 Å². The maximum absolute atomic E-state index is 12.6. The van der Waals surface area contributed by atoms with Crippen molar-refractivity contribution in [3.8, 4) is 22.6 Å². The number of nitrogens with one attached hydrogen (secondary N) is 1. The number of ether oxygens (including phenoxy) is 1. The van der Waals surface area contributed by atoms with Crippen molar-refractivity contribution in [3.05, 3.63) is 78.4 Å². The number of piperidine rings is 1. The lowest BCUT2D eigenvalue weighted by Crippen LogP contribution is -2.42. The quantitative estimate of drug-likeness (QED) is 0.319. The smallest absolute Gasteiger partial charge is 0.411 e. The average molecular weight is 506 g/mol. The van der Waals surface area contributed by atoms with Crippen LogP contribution in [-0.2, 0) is 4.74 Å². The summed E-state index contributed by atoms with van der Waals surface area (Å²) >= 11 is 0. The topological polar surface area (TPSA) is 106 Å². The number of anilines is 1. The molecule has 1 heterocycles. The van der Waals surface area contributed by atoms with E-state index < -0.39 is 12.2 Å². The van der Waals surface area contributed by atoms with E-state index in [0.29, 0.717) is 12.1 Å². The molecule has 8 heteroatoms. The first kappa shape index (κ1) is 26.5. The van der Waals surface area contributed by atoms with Crippen molar-refractivity contribution >= 4 is 11.8 Å². The highest BCUT2D eigenvalue weighted by Gasteiger charge is 2.23. The van der Waals surface area contributed by atoms with Gasteiger partial charge in [-0.15, -0.1) is 0 Å². The largest absolute Gasteiger partial charge is 0.504 e. The fourth-order valence-corrected chi connectivity index (χ4v) is 4.55. The van der Waals surface area contributed by atoms with Crippen molar-refractivity contribution in [2.24, 2.45) is 0 Å². The third kappa shape index (κ3) is 7.45. The molecule has 1 saturated heterocycles. The second kappa shape index (κ2) is 12.6. The summed E-state index contributed by atoms with van der Waals surface area (Å²) < 4.78 is 5.72. The number of amides is 1. The molecule has 1 aliphatic rings. The minimum absolute atomic E-state index is 0.123. The summed E-state index contributed by atoms with van der Waals surface area (Å²) in [4.78, 5) is 17.0. The van der Waals surface area contributed by atoms with Crippen LogP contribution < -0.4 is 5.32 Å². The number of benzene rings is 3. The fourth-order valence-electron chi connectivity index (χ4n) is 4.55. The van der Waals surface area contributed by atoms with Gasteiger partial charge < -0.3 is 29.9 Å². The second-order valence-corrected chi connectivity index (χ2v) is 9.51. The Morgan fingerprint density at radius 3 is 2.46 bits per heavy atom. The van der Waals surface area contributed by atoms with Gasteiger partial charge in [0, 0.05) is 38.3 Å². The lowest BCUT2D eigenvalue weighted by atomic mass is 10.0. The van der Waals surface area contributed by atoms with E-state index in [1.165, 1.54) is 12.1 Å². The molecule has 0 spiro atoms. The zero-order chi connectivity index (χ0) is 26.2. The van der Waals surface area contributed by atoms with Crippen molar-refractivity contribution in [3.63, 3.8) is 0 Å². The number of hydrogen-bond donors (Lipinski definition) is 4. The van der Waals surface area contributed by atoms with Crippen LogP contribution in [0.4, 0.5) is 10.5 Å². The molecule has 0 aromatic heterocycles. The number of aliphatic hydroxyl groups is 1. The average Bonchev–Trinajstić information content (AvgIpc) is 2.90. The predicted octanol–water partition coefficient (Wildman–Crippen LogP) is 4.44. The highest BCUT2D eigenvalue weighted by Crippen LogP contribution is 2.29. The molecule has 0 bridgehead atoms. The van der Waals surface area contributed by atoms with Crippen molar-refractivity contribution < 1.29 is 24.9 Å². The molecule has 0 aliphatic carbocycles. The normalized spacial score (nSPS) is 15.4. The van der Waals surface area contributed by atoms with Crippen molar-refractivity contribution in [1.29, 1.82) is 0 Å². The summed E-state index contributed by atoms with van der Waals surface area (Å²) in [6.07, 6.45) is 0.221.